The first-order valence-electron chi connectivity index (χ1n) is 5.13. The van der Waals surface area contributed by atoms with E-state index in [4.69, 9.17) is 5.73 Å². The predicted molar refractivity (Wildman–Crippen MR) is 60.4 cm³/mol. The second-order valence-electron chi connectivity index (χ2n) is 3.63. The van der Waals surface area contributed by atoms with Crippen molar-refractivity contribution in [2.24, 2.45) is 5.73 Å². The SMILES string of the molecule is CCC(CN)c1c[nH]c2ccccc12. The van der Waals surface area contributed by atoms with E-state index in [1.54, 1.807) is 0 Å². The van der Waals surface area contributed by atoms with Crippen molar-refractivity contribution in [3.63, 3.8) is 0 Å². The van der Waals surface area contributed by atoms with Gasteiger partial charge in [0.2, 0.25) is 0 Å². The van der Waals surface area contributed by atoms with Crippen LogP contribution in [0.25, 0.3) is 10.9 Å². The van der Waals surface area contributed by atoms with Gasteiger partial charge in [0.05, 0.1) is 0 Å². The van der Waals surface area contributed by atoms with Gasteiger partial charge in [-0.05, 0) is 30.5 Å². The highest BCUT2D eigenvalue weighted by molar-refractivity contribution is 5.83. The number of benzene rings is 1. The molecule has 14 heavy (non-hydrogen) atoms. The third-order valence-corrected chi connectivity index (χ3v) is 2.84. The summed E-state index contributed by atoms with van der Waals surface area (Å²) in [7, 11) is 0. The van der Waals surface area contributed by atoms with E-state index in [1.807, 2.05) is 6.07 Å². The molecule has 0 aliphatic rings. The van der Waals surface area contributed by atoms with Crippen molar-refractivity contribution in [3.8, 4) is 0 Å². The minimum Gasteiger partial charge on any atom is -0.361 e. The van der Waals surface area contributed by atoms with Gasteiger partial charge in [0, 0.05) is 17.1 Å². The highest BCUT2D eigenvalue weighted by atomic mass is 14.7. The van der Waals surface area contributed by atoms with Gasteiger partial charge in [0.1, 0.15) is 0 Å². The largest absolute Gasteiger partial charge is 0.361 e. The summed E-state index contributed by atoms with van der Waals surface area (Å²) >= 11 is 0. The predicted octanol–water partition coefficient (Wildman–Crippen LogP) is 2.62. The van der Waals surface area contributed by atoms with Gasteiger partial charge in [0.25, 0.3) is 0 Å². The Balaban J connectivity index is 2.51. The quantitative estimate of drug-likeness (QED) is 0.763. The van der Waals surface area contributed by atoms with Gasteiger partial charge >= 0.3 is 0 Å². The normalized spacial score (nSPS) is 13.3. The fraction of sp³-hybridized carbons (Fsp3) is 0.333. The number of nitrogens with one attached hydrogen (secondary N) is 1. The van der Waals surface area contributed by atoms with Gasteiger partial charge in [-0.2, -0.15) is 0 Å². The van der Waals surface area contributed by atoms with E-state index < -0.39 is 0 Å². The van der Waals surface area contributed by atoms with Gasteiger partial charge in [-0.1, -0.05) is 25.1 Å². The maximum atomic E-state index is 5.75. The molecule has 2 heteroatoms. The lowest BCUT2D eigenvalue weighted by Crippen LogP contribution is -2.10. The maximum Gasteiger partial charge on any atom is 0.0456 e. The van der Waals surface area contributed by atoms with Crippen molar-refractivity contribution in [2.45, 2.75) is 19.3 Å². The number of H-pyrrole nitrogens is 1. The summed E-state index contributed by atoms with van der Waals surface area (Å²) in [5, 5.41) is 1.31. The van der Waals surface area contributed by atoms with Crippen molar-refractivity contribution in [1.82, 2.24) is 4.98 Å². The van der Waals surface area contributed by atoms with Crippen molar-refractivity contribution < 1.29 is 0 Å². The molecule has 2 aromatic rings. The molecule has 1 unspecified atom stereocenters. The number of rotatable bonds is 3. The Morgan fingerprint density at radius 1 is 1.36 bits per heavy atom. The third-order valence-electron chi connectivity index (χ3n) is 2.84. The zero-order valence-corrected chi connectivity index (χ0v) is 8.46. The molecule has 0 aliphatic carbocycles. The summed E-state index contributed by atoms with van der Waals surface area (Å²) in [6.45, 7) is 2.90. The number of nitrogens with two attached hydrogens (primary N) is 1. The van der Waals surface area contributed by atoms with Crippen molar-refractivity contribution in [3.05, 3.63) is 36.0 Å². The molecule has 0 saturated carbocycles. The zero-order chi connectivity index (χ0) is 9.97. The van der Waals surface area contributed by atoms with Gasteiger partial charge < -0.3 is 10.7 Å². The van der Waals surface area contributed by atoms with Crippen LogP contribution in [0.4, 0.5) is 0 Å². The lowest BCUT2D eigenvalue weighted by atomic mass is 9.96. The summed E-state index contributed by atoms with van der Waals surface area (Å²) in [5.74, 6) is 0.478. The van der Waals surface area contributed by atoms with Crippen LogP contribution in [-0.2, 0) is 0 Å². The topological polar surface area (TPSA) is 41.8 Å². The van der Waals surface area contributed by atoms with Crippen molar-refractivity contribution in [1.29, 1.82) is 0 Å². The van der Waals surface area contributed by atoms with Gasteiger partial charge in [-0.25, -0.2) is 0 Å². The molecule has 1 aromatic heterocycles. The van der Waals surface area contributed by atoms with Crippen LogP contribution < -0.4 is 5.73 Å². The monoisotopic (exact) mass is 188 g/mol. The molecule has 0 spiro atoms. The number of aromatic amines is 1. The van der Waals surface area contributed by atoms with E-state index >= 15 is 0 Å². The third kappa shape index (κ3) is 1.42. The van der Waals surface area contributed by atoms with Crippen LogP contribution in [0, 0.1) is 0 Å². The Kier molecular flexibility index (Phi) is 2.55. The molecule has 2 nitrogen and oxygen atoms in total. The molecule has 0 amide bonds. The summed E-state index contributed by atoms with van der Waals surface area (Å²) in [5.41, 5.74) is 8.31. The molecular weight excluding hydrogens is 172 g/mol. The van der Waals surface area contributed by atoms with E-state index in [1.165, 1.54) is 16.5 Å². The Labute approximate surface area is 84.1 Å². The second kappa shape index (κ2) is 3.84. The molecule has 0 aliphatic heterocycles. The number of hydrogen-bond acceptors (Lipinski definition) is 1. The van der Waals surface area contributed by atoms with Crippen LogP contribution in [0.2, 0.25) is 0 Å². The smallest absolute Gasteiger partial charge is 0.0456 e. The fourth-order valence-electron chi connectivity index (χ4n) is 1.95. The van der Waals surface area contributed by atoms with Crippen LogP contribution in [-0.4, -0.2) is 11.5 Å². The van der Waals surface area contributed by atoms with E-state index in [0.29, 0.717) is 5.92 Å². The van der Waals surface area contributed by atoms with Crippen molar-refractivity contribution >= 4 is 10.9 Å². The zero-order valence-electron chi connectivity index (χ0n) is 8.46. The molecular formula is C12H16N2. The molecule has 1 heterocycles. The second-order valence-corrected chi connectivity index (χ2v) is 3.63. The number of aromatic nitrogens is 1. The molecule has 0 bridgehead atoms. The highest BCUT2D eigenvalue weighted by Gasteiger charge is 2.11. The Morgan fingerprint density at radius 3 is 2.86 bits per heavy atom. The van der Waals surface area contributed by atoms with Gasteiger partial charge in [0.15, 0.2) is 0 Å². The standard InChI is InChI=1S/C12H16N2/c1-2-9(7-13)11-8-14-12-6-4-3-5-10(11)12/h3-6,8-9,14H,2,7,13H2,1H3. The van der Waals surface area contributed by atoms with Gasteiger partial charge in [-0.15, -0.1) is 0 Å². The van der Waals surface area contributed by atoms with E-state index in [2.05, 4.69) is 36.3 Å². The van der Waals surface area contributed by atoms with Crippen LogP contribution in [0.1, 0.15) is 24.8 Å². The molecule has 1 aromatic carbocycles. The first-order valence-corrected chi connectivity index (χ1v) is 5.13. The van der Waals surface area contributed by atoms with E-state index in [-0.39, 0.29) is 0 Å². The molecule has 0 radical (unpaired) electrons. The highest BCUT2D eigenvalue weighted by Crippen LogP contribution is 2.26. The first-order chi connectivity index (χ1) is 6.86. The van der Waals surface area contributed by atoms with Crippen molar-refractivity contribution in [2.75, 3.05) is 6.54 Å². The molecule has 3 N–H and O–H groups in total. The lowest BCUT2D eigenvalue weighted by molar-refractivity contribution is 0.679. The molecule has 74 valence electrons. The van der Waals surface area contributed by atoms with Crippen LogP contribution in [0.5, 0.6) is 0 Å². The average molecular weight is 188 g/mol. The average Bonchev–Trinajstić information content (AvgIpc) is 2.65. The molecule has 2 rings (SSSR count). The van der Waals surface area contributed by atoms with Crippen LogP contribution in [0.15, 0.2) is 30.5 Å². The number of para-hydroxylation sites is 1. The molecule has 0 fully saturated rings. The van der Waals surface area contributed by atoms with Gasteiger partial charge in [-0.3, -0.25) is 0 Å². The summed E-state index contributed by atoms with van der Waals surface area (Å²) in [6, 6.07) is 8.37. The number of hydrogen-bond donors (Lipinski definition) is 2. The van der Waals surface area contributed by atoms with E-state index in [0.717, 1.165) is 13.0 Å². The summed E-state index contributed by atoms with van der Waals surface area (Å²) in [4.78, 5) is 3.28. The minimum atomic E-state index is 0.478. The maximum absolute atomic E-state index is 5.75. The summed E-state index contributed by atoms with van der Waals surface area (Å²) in [6.07, 6.45) is 3.18. The molecule has 0 saturated heterocycles. The summed E-state index contributed by atoms with van der Waals surface area (Å²) < 4.78 is 0. The number of fused-ring (bicyclic) bond motifs is 1. The van der Waals surface area contributed by atoms with Crippen LogP contribution in [0.3, 0.4) is 0 Å². The molecule has 1 atom stereocenters. The van der Waals surface area contributed by atoms with Crippen LogP contribution >= 0.6 is 0 Å². The fourth-order valence-corrected chi connectivity index (χ4v) is 1.95. The Hall–Kier alpha value is -1.28. The first kappa shape index (κ1) is 9.28. The lowest BCUT2D eigenvalue weighted by Gasteiger charge is -2.10. The minimum absolute atomic E-state index is 0.478. The van der Waals surface area contributed by atoms with E-state index in [9.17, 15) is 0 Å². The Morgan fingerprint density at radius 2 is 2.14 bits per heavy atom. The Bertz CT molecular complexity index is 413.